The lowest BCUT2D eigenvalue weighted by molar-refractivity contribution is 0.143. The van der Waals surface area contributed by atoms with Crippen molar-refractivity contribution in [2.75, 3.05) is 6.61 Å². The fourth-order valence-electron chi connectivity index (χ4n) is 2.23. The van der Waals surface area contributed by atoms with Crippen LogP contribution in [0, 0.1) is 17.7 Å². The van der Waals surface area contributed by atoms with Crippen molar-refractivity contribution in [3.8, 4) is 29.0 Å². The lowest BCUT2D eigenvalue weighted by Crippen LogP contribution is -2.14. The molecule has 4 nitrogen and oxygen atoms in total. The van der Waals surface area contributed by atoms with Gasteiger partial charge in [-0.05, 0) is 38.5 Å². The van der Waals surface area contributed by atoms with E-state index in [4.69, 9.17) is 4.74 Å². The molecule has 0 aliphatic rings. The summed E-state index contributed by atoms with van der Waals surface area (Å²) < 4.78 is 19.7. The van der Waals surface area contributed by atoms with Crippen molar-refractivity contribution in [3.63, 3.8) is 0 Å². The minimum absolute atomic E-state index is 0.248. The number of aromatic nitrogens is 2. The summed E-state index contributed by atoms with van der Waals surface area (Å²) in [7, 11) is 0. The van der Waals surface area contributed by atoms with Crippen LogP contribution in [0.4, 0.5) is 4.39 Å². The number of benzene rings is 1. The summed E-state index contributed by atoms with van der Waals surface area (Å²) in [5.41, 5.74) is 0.0833. The lowest BCUT2D eigenvalue weighted by Gasteiger charge is -2.08. The van der Waals surface area contributed by atoms with E-state index >= 15 is 0 Å². The molecule has 0 aliphatic carbocycles. The minimum atomic E-state index is -1.08. The van der Waals surface area contributed by atoms with Gasteiger partial charge in [-0.2, -0.15) is 0 Å². The van der Waals surface area contributed by atoms with Gasteiger partial charge in [0.2, 0.25) is 0 Å². The van der Waals surface area contributed by atoms with Crippen molar-refractivity contribution in [2.24, 2.45) is 0 Å². The molecule has 0 aliphatic heterocycles. The van der Waals surface area contributed by atoms with E-state index < -0.39 is 11.4 Å². The van der Waals surface area contributed by atoms with Crippen LogP contribution >= 0.6 is 0 Å². The molecule has 2 aromatic rings. The fourth-order valence-corrected chi connectivity index (χ4v) is 2.23. The molecule has 0 amide bonds. The quantitative estimate of drug-likeness (QED) is 0.591. The molecule has 26 heavy (non-hydrogen) atoms. The summed E-state index contributed by atoms with van der Waals surface area (Å²) in [5, 5.41) is 9.60. The molecular formula is C21H25FN2O2. The molecule has 0 saturated carbocycles. The number of rotatable bonds is 7. The first kappa shape index (κ1) is 19.9. The average Bonchev–Trinajstić information content (AvgIpc) is 2.61. The third-order valence-corrected chi connectivity index (χ3v) is 3.61. The SMILES string of the molecule is CCCCCCOc1ccc(-c2ncc(C#CC(C)(C)O)cn2)cc1F. The van der Waals surface area contributed by atoms with Gasteiger partial charge in [-0.15, -0.1) is 0 Å². The first-order chi connectivity index (χ1) is 12.4. The molecule has 0 bridgehead atoms. The van der Waals surface area contributed by atoms with Crippen molar-refractivity contribution in [1.29, 1.82) is 0 Å². The van der Waals surface area contributed by atoms with Crippen LogP contribution in [0.15, 0.2) is 30.6 Å². The van der Waals surface area contributed by atoms with E-state index in [1.807, 2.05) is 0 Å². The van der Waals surface area contributed by atoms with E-state index in [0.29, 0.717) is 23.6 Å². The average molecular weight is 356 g/mol. The summed E-state index contributed by atoms with van der Waals surface area (Å²) in [6.45, 7) is 5.87. The number of aliphatic hydroxyl groups is 1. The van der Waals surface area contributed by atoms with Crippen LogP contribution < -0.4 is 4.74 Å². The summed E-state index contributed by atoms with van der Waals surface area (Å²) in [5.74, 6) is 5.73. The number of hydrogen-bond acceptors (Lipinski definition) is 4. The maximum atomic E-state index is 14.2. The lowest BCUT2D eigenvalue weighted by atomic mass is 10.1. The minimum Gasteiger partial charge on any atom is -0.491 e. The van der Waals surface area contributed by atoms with Gasteiger partial charge in [0.05, 0.1) is 12.2 Å². The zero-order chi connectivity index (χ0) is 19.0. The van der Waals surface area contributed by atoms with Crippen molar-refractivity contribution in [2.45, 2.75) is 52.1 Å². The maximum absolute atomic E-state index is 14.2. The number of halogens is 1. The topological polar surface area (TPSA) is 55.2 Å². The third kappa shape index (κ3) is 6.45. The second-order valence-corrected chi connectivity index (χ2v) is 6.66. The Morgan fingerprint density at radius 2 is 1.88 bits per heavy atom. The predicted molar refractivity (Wildman–Crippen MR) is 100 cm³/mol. The summed E-state index contributed by atoms with van der Waals surface area (Å²) in [6, 6.07) is 4.72. The van der Waals surface area contributed by atoms with Gasteiger partial charge in [-0.1, -0.05) is 38.0 Å². The summed E-state index contributed by atoms with van der Waals surface area (Å²) >= 11 is 0. The second-order valence-electron chi connectivity index (χ2n) is 6.66. The van der Waals surface area contributed by atoms with Crippen molar-refractivity contribution in [1.82, 2.24) is 9.97 Å². The van der Waals surface area contributed by atoms with E-state index in [0.717, 1.165) is 25.7 Å². The zero-order valence-corrected chi connectivity index (χ0v) is 15.6. The Labute approximate surface area is 154 Å². The molecule has 0 atom stereocenters. The van der Waals surface area contributed by atoms with E-state index in [2.05, 4.69) is 28.7 Å². The highest BCUT2D eigenvalue weighted by Crippen LogP contribution is 2.23. The van der Waals surface area contributed by atoms with Crippen LogP contribution in [-0.2, 0) is 0 Å². The zero-order valence-electron chi connectivity index (χ0n) is 15.6. The largest absolute Gasteiger partial charge is 0.491 e. The smallest absolute Gasteiger partial charge is 0.165 e. The molecule has 5 heteroatoms. The first-order valence-electron chi connectivity index (χ1n) is 8.89. The van der Waals surface area contributed by atoms with Crippen LogP contribution in [0.1, 0.15) is 52.0 Å². The molecule has 2 rings (SSSR count). The third-order valence-electron chi connectivity index (χ3n) is 3.61. The van der Waals surface area contributed by atoms with Gasteiger partial charge in [0.25, 0.3) is 0 Å². The highest BCUT2D eigenvalue weighted by Gasteiger charge is 2.09. The Balaban J connectivity index is 2.02. The molecule has 0 fully saturated rings. The first-order valence-corrected chi connectivity index (χ1v) is 8.89. The molecule has 0 saturated heterocycles. The van der Waals surface area contributed by atoms with Gasteiger partial charge < -0.3 is 9.84 Å². The van der Waals surface area contributed by atoms with Crippen LogP contribution in [0.3, 0.4) is 0 Å². The Morgan fingerprint density at radius 3 is 2.50 bits per heavy atom. The molecule has 0 spiro atoms. The standard InChI is InChI=1S/C21H25FN2O2/c1-4-5-6-7-12-26-19-9-8-17(13-18(19)22)20-23-14-16(15-24-20)10-11-21(2,3)25/h8-9,13-15,25H,4-7,12H2,1-3H3. The van der Waals surface area contributed by atoms with Crippen LogP contribution in [0.5, 0.6) is 5.75 Å². The monoisotopic (exact) mass is 356 g/mol. The van der Waals surface area contributed by atoms with E-state index in [1.165, 1.54) is 6.07 Å². The number of nitrogens with zero attached hydrogens (tertiary/aromatic N) is 2. The van der Waals surface area contributed by atoms with Crippen molar-refractivity contribution in [3.05, 3.63) is 42.0 Å². The van der Waals surface area contributed by atoms with Gasteiger partial charge in [-0.3, -0.25) is 0 Å². The van der Waals surface area contributed by atoms with Gasteiger partial charge in [0.1, 0.15) is 5.60 Å². The molecule has 1 aromatic carbocycles. The van der Waals surface area contributed by atoms with Crippen LogP contribution in [-0.4, -0.2) is 27.3 Å². The Morgan fingerprint density at radius 1 is 1.15 bits per heavy atom. The highest BCUT2D eigenvalue weighted by atomic mass is 19.1. The van der Waals surface area contributed by atoms with E-state index in [-0.39, 0.29) is 5.75 Å². The fraction of sp³-hybridized carbons (Fsp3) is 0.429. The summed E-state index contributed by atoms with van der Waals surface area (Å²) in [4.78, 5) is 8.43. The van der Waals surface area contributed by atoms with E-state index in [9.17, 15) is 9.50 Å². The highest BCUT2D eigenvalue weighted by molar-refractivity contribution is 5.56. The molecule has 1 heterocycles. The Bertz CT molecular complexity index is 771. The number of unbranched alkanes of at least 4 members (excludes halogenated alkanes) is 3. The Kier molecular flexibility index (Phi) is 7.11. The molecule has 138 valence electrons. The number of hydrogen-bond donors (Lipinski definition) is 1. The van der Waals surface area contributed by atoms with Gasteiger partial charge in [-0.25, -0.2) is 14.4 Å². The Hall–Kier alpha value is -2.45. The van der Waals surface area contributed by atoms with Crippen molar-refractivity contribution < 1.29 is 14.2 Å². The van der Waals surface area contributed by atoms with Crippen molar-refractivity contribution >= 4 is 0 Å². The van der Waals surface area contributed by atoms with E-state index in [1.54, 1.807) is 38.4 Å². The molecule has 0 unspecified atom stereocenters. The molecule has 1 aromatic heterocycles. The molecule has 0 radical (unpaired) electrons. The number of ether oxygens (including phenoxy) is 1. The molecule has 1 N–H and O–H groups in total. The second kappa shape index (κ2) is 9.30. The summed E-state index contributed by atoms with van der Waals surface area (Å²) in [6.07, 6.45) is 7.44. The maximum Gasteiger partial charge on any atom is 0.165 e. The van der Waals surface area contributed by atoms with Gasteiger partial charge >= 0.3 is 0 Å². The normalized spacial score (nSPS) is 11.0. The van der Waals surface area contributed by atoms with Crippen LogP contribution in [0.25, 0.3) is 11.4 Å². The van der Waals surface area contributed by atoms with Gasteiger partial charge in [0.15, 0.2) is 17.4 Å². The predicted octanol–water partition coefficient (Wildman–Crippen LogP) is 4.36. The molecular weight excluding hydrogens is 331 g/mol. The van der Waals surface area contributed by atoms with Gasteiger partial charge in [0, 0.05) is 18.0 Å². The van der Waals surface area contributed by atoms with Crippen LogP contribution in [0.2, 0.25) is 0 Å².